The molecular weight excluding hydrogens is 384 g/mol. The molecule has 1 fully saturated rings. The number of hydrogen-bond donors (Lipinski definition) is 1. The molecule has 0 aliphatic carbocycles. The standard InChI is InChI=1S/C26H34N4O/c1-2-27-26(28-18-23-11-8-12-25(17-23)29-14-6-7-15-29)30-16-13-24(19-30)21-31-20-22-9-4-3-5-10-22/h3-12,17,24H,2,13-16,18-21H2,1H3,(H,27,28). The van der Waals surface area contributed by atoms with Crippen LogP contribution in [0.5, 0.6) is 0 Å². The Bertz CT molecular complexity index is 872. The molecule has 2 aromatic rings. The smallest absolute Gasteiger partial charge is 0.194 e. The van der Waals surface area contributed by atoms with Crippen LogP contribution in [0.1, 0.15) is 24.5 Å². The maximum Gasteiger partial charge on any atom is 0.194 e. The fourth-order valence-electron chi connectivity index (χ4n) is 4.21. The summed E-state index contributed by atoms with van der Waals surface area (Å²) in [5, 5.41) is 3.48. The van der Waals surface area contributed by atoms with Crippen molar-refractivity contribution in [2.45, 2.75) is 26.5 Å². The van der Waals surface area contributed by atoms with Crippen molar-refractivity contribution in [1.29, 1.82) is 0 Å². The second-order valence-electron chi connectivity index (χ2n) is 8.32. The average Bonchev–Trinajstić information content (AvgIpc) is 3.50. The SMILES string of the molecule is CCNC(=NCc1cccc(N2CC=CC2)c1)N1CCC(COCc2ccccc2)C1. The van der Waals surface area contributed by atoms with E-state index in [-0.39, 0.29) is 0 Å². The van der Waals surface area contributed by atoms with E-state index < -0.39 is 0 Å². The first-order chi connectivity index (χ1) is 15.3. The van der Waals surface area contributed by atoms with Gasteiger partial charge in [-0.1, -0.05) is 54.6 Å². The van der Waals surface area contributed by atoms with Crippen molar-refractivity contribution in [3.05, 3.63) is 77.9 Å². The monoisotopic (exact) mass is 418 g/mol. The Morgan fingerprint density at radius 1 is 1.06 bits per heavy atom. The van der Waals surface area contributed by atoms with Gasteiger partial charge in [-0.25, -0.2) is 4.99 Å². The number of likely N-dealkylation sites (tertiary alicyclic amines) is 1. The first-order valence-corrected chi connectivity index (χ1v) is 11.5. The van der Waals surface area contributed by atoms with Crippen LogP contribution >= 0.6 is 0 Å². The maximum atomic E-state index is 5.99. The molecule has 4 rings (SSSR count). The Hall–Kier alpha value is -2.79. The first kappa shape index (κ1) is 21.4. The quantitative estimate of drug-likeness (QED) is 0.399. The van der Waals surface area contributed by atoms with Gasteiger partial charge in [0.05, 0.1) is 19.8 Å². The van der Waals surface area contributed by atoms with E-state index in [4.69, 9.17) is 9.73 Å². The van der Waals surface area contributed by atoms with Gasteiger partial charge >= 0.3 is 0 Å². The zero-order chi connectivity index (χ0) is 21.3. The molecule has 0 aromatic heterocycles. The number of hydrogen-bond acceptors (Lipinski definition) is 3. The molecule has 1 N–H and O–H groups in total. The Balaban J connectivity index is 1.30. The highest BCUT2D eigenvalue weighted by Gasteiger charge is 2.25. The van der Waals surface area contributed by atoms with Gasteiger partial charge in [0, 0.05) is 44.3 Å². The molecule has 1 unspecified atom stereocenters. The van der Waals surface area contributed by atoms with Crippen LogP contribution in [0.2, 0.25) is 0 Å². The Morgan fingerprint density at radius 3 is 2.68 bits per heavy atom. The molecule has 5 nitrogen and oxygen atoms in total. The van der Waals surface area contributed by atoms with Crippen LogP contribution in [-0.2, 0) is 17.9 Å². The van der Waals surface area contributed by atoms with Gasteiger partial charge in [0.1, 0.15) is 0 Å². The molecule has 2 aliphatic heterocycles. The average molecular weight is 419 g/mol. The second-order valence-corrected chi connectivity index (χ2v) is 8.32. The van der Waals surface area contributed by atoms with E-state index in [1.165, 1.54) is 16.8 Å². The minimum atomic E-state index is 0.554. The van der Waals surface area contributed by atoms with Gasteiger partial charge in [0.2, 0.25) is 0 Å². The predicted molar refractivity (Wildman–Crippen MR) is 128 cm³/mol. The van der Waals surface area contributed by atoms with Crippen molar-refractivity contribution >= 4 is 11.6 Å². The van der Waals surface area contributed by atoms with Crippen LogP contribution in [0.3, 0.4) is 0 Å². The lowest BCUT2D eigenvalue weighted by Gasteiger charge is -2.22. The van der Waals surface area contributed by atoms with Crippen LogP contribution in [-0.4, -0.2) is 50.2 Å². The summed E-state index contributed by atoms with van der Waals surface area (Å²) in [4.78, 5) is 9.71. The zero-order valence-electron chi connectivity index (χ0n) is 18.5. The molecule has 2 aromatic carbocycles. The molecule has 1 atom stereocenters. The zero-order valence-corrected chi connectivity index (χ0v) is 18.5. The highest BCUT2D eigenvalue weighted by Crippen LogP contribution is 2.20. The summed E-state index contributed by atoms with van der Waals surface area (Å²) >= 11 is 0. The van der Waals surface area contributed by atoms with Crippen LogP contribution in [0.25, 0.3) is 0 Å². The van der Waals surface area contributed by atoms with Crippen LogP contribution in [0, 0.1) is 5.92 Å². The topological polar surface area (TPSA) is 40.1 Å². The largest absolute Gasteiger partial charge is 0.376 e. The van der Waals surface area contributed by atoms with Gasteiger partial charge in [-0.2, -0.15) is 0 Å². The molecule has 2 heterocycles. The van der Waals surface area contributed by atoms with Gasteiger partial charge in [-0.15, -0.1) is 0 Å². The molecule has 0 radical (unpaired) electrons. The highest BCUT2D eigenvalue weighted by atomic mass is 16.5. The summed E-state index contributed by atoms with van der Waals surface area (Å²) in [5.74, 6) is 1.57. The van der Waals surface area contributed by atoms with Gasteiger partial charge in [0.15, 0.2) is 5.96 Å². The molecule has 164 valence electrons. The number of nitrogens with zero attached hydrogens (tertiary/aromatic N) is 3. The van der Waals surface area contributed by atoms with E-state index in [2.05, 4.69) is 82.7 Å². The van der Waals surface area contributed by atoms with E-state index >= 15 is 0 Å². The summed E-state index contributed by atoms with van der Waals surface area (Å²) in [6.45, 7) is 9.23. The number of nitrogens with one attached hydrogen (secondary N) is 1. The number of aliphatic imine (C=N–C) groups is 1. The van der Waals surface area contributed by atoms with Crippen molar-refractivity contribution in [3.8, 4) is 0 Å². The molecule has 2 aliphatic rings. The summed E-state index contributed by atoms with van der Waals surface area (Å²) in [5.41, 5.74) is 3.76. The number of ether oxygens (including phenoxy) is 1. The van der Waals surface area contributed by atoms with Gasteiger partial charge in [0.25, 0.3) is 0 Å². The van der Waals surface area contributed by atoms with Crippen molar-refractivity contribution in [2.24, 2.45) is 10.9 Å². The summed E-state index contributed by atoms with van der Waals surface area (Å²) in [7, 11) is 0. The van der Waals surface area contributed by atoms with Crippen LogP contribution < -0.4 is 10.2 Å². The van der Waals surface area contributed by atoms with Crippen LogP contribution in [0.4, 0.5) is 5.69 Å². The number of guanidine groups is 1. The first-order valence-electron chi connectivity index (χ1n) is 11.5. The third-order valence-corrected chi connectivity index (χ3v) is 5.89. The minimum absolute atomic E-state index is 0.554. The van der Waals surface area contributed by atoms with Gasteiger partial charge in [-0.05, 0) is 36.6 Å². The minimum Gasteiger partial charge on any atom is -0.376 e. The number of rotatable bonds is 8. The molecule has 0 saturated carbocycles. The molecule has 5 heteroatoms. The molecule has 31 heavy (non-hydrogen) atoms. The van der Waals surface area contributed by atoms with E-state index in [1.54, 1.807) is 0 Å². The third-order valence-electron chi connectivity index (χ3n) is 5.89. The third kappa shape index (κ3) is 6.11. The Kier molecular flexibility index (Phi) is 7.61. The van der Waals surface area contributed by atoms with E-state index in [0.717, 1.165) is 51.7 Å². The van der Waals surface area contributed by atoms with Crippen molar-refractivity contribution in [3.63, 3.8) is 0 Å². The number of benzene rings is 2. The molecule has 0 amide bonds. The van der Waals surface area contributed by atoms with E-state index in [9.17, 15) is 0 Å². The number of anilines is 1. The van der Waals surface area contributed by atoms with Crippen molar-refractivity contribution in [1.82, 2.24) is 10.2 Å². The van der Waals surface area contributed by atoms with Gasteiger partial charge in [-0.3, -0.25) is 0 Å². The fraction of sp³-hybridized carbons (Fsp3) is 0.423. The predicted octanol–water partition coefficient (Wildman–Crippen LogP) is 4.07. The summed E-state index contributed by atoms with van der Waals surface area (Å²) < 4.78 is 5.99. The molecule has 1 saturated heterocycles. The maximum absolute atomic E-state index is 5.99. The van der Waals surface area contributed by atoms with Crippen molar-refractivity contribution in [2.75, 3.05) is 44.2 Å². The summed E-state index contributed by atoms with van der Waals surface area (Å²) in [6, 6.07) is 19.2. The Labute approximate surface area is 186 Å². The second kappa shape index (κ2) is 11.0. The Morgan fingerprint density at radius 2 is 1.87 bits per heavy atom. The van der Waals surface area contributed by atoms with Crippen molar-refractivity contribution < 1.29 is 4.74 Å². The molecule has 0 spiro atoms. The van der Waals surface area contributed by atoms with E-state index in [1.807, 2.05) is 6.07 Å². The lowest BCUT2D eigenvalue weighted by molar-refractivity contribution is 0.0906. The lowest BCUT2D eigenvalue weighted by Crippen LogP contribution is -2.40. The highest BCUT2D eigenvalue weighted by molar-refractivity contribution is 5.80. The lowest BCUT2D eigenvalue weighted by atomic mass is 10.1. The fourth-order valence-corrected chi connectivity index (χ4v) is 4.21. The van der Waals surface area contributed by atoms with E-state index in [0.29, 0.717) is 19.1 Å². The molecule has 0 bridgehead atoms. The normalized spacial score (nSPS) is 18.7. The van der Waals surface area contributed by atoms with Crippen LogP contribution in [0.15, 0.2) is 71.7 Å². The summed E-state index contributed by atoms with van der Waals surface area (Å²) in [6.07, 6.45) is 5.60. The molecular formula is C26H34N4O. The van der Waals surface area contributed by atoms with Gasteiger partial charge < -0.3 is 19.9 Å².